The van der Waals surface area contributed by atoms with Crippen LogP contribution in [0.15, 0.2) is 35.0 Å². The summed E-state index contributed by atoms with van der Waals surface area (Å²) in [6.45, 7) is 3.83. The molecule has 1 aromatic rings. The molecule has 0 fully saturated rings. The van der Waals surface area contributed by atoms with E-state index in [1.54, 1.807) is 18.0 Å². The van der Waals surface area contributed by atoms with Crippen molar-refractivity contribution in [2.45, 2.75) is 0 Å². The molecular formula is C14H11BrF2NOY-. The number of benzene rings is 1. The second-order valence-electron chi connectivity index (χ2n) is 3.96. The average molecular weight is 416 g/mol. The normalized spacial score (nSPS) is 14.4. The van der Waals surface area contributed by atoms with E-state index in [4.69, 9.17) is 4.74 Å². The quantitative estimate of drug-likeness (QED) is 0.680. The second-order valence-corrected chi connectivity index (χ2v) is 4.81. The van der Waals surface area contributed by atoms with Crippen LogP contribution in [-0.4, -0.2) is 19.1 Å². The molecule has 0 spiro atoms. The van der Waals surface area contributed by atoms with Crippen molar-refractivity contribution in [3.8, 4) is 5.75 Å². The van der Waals surface area contributed by atoms with Gasteiger partial charge >= 0.3 is 0 Å². The molecular weight excluding hydrogens is 405 g/mol. The summed E-state index contributed by atoms with van der Waals surface area (Å²) < 4.78 is 33.6. The van der Waals surface area contributed by atoms with Crippen molar-refractivity contribution >= 4 is 21.6 Å². The van der Waals surface area contributed by atoms with Crippen molar-refractivity contribution in [3.63, 3.8) is 0 Å². The minimum atomic E-state index is -0.703. The van der Waals surface area contributed by atoms with E-state index in [0.29, 0.717) is 10.2 Å². The van der Waals surface area contributed by atoms with Gasteiger partial charge in [0.1, 0.15) is 5.75 Å². The third-order valence-electron chi connectivity index (χ3n) is 2.84. The molecule has 1 aliphatic rings. The number of rotatable bonds is 2. The molecule has 0 unspecified atom stereocenters. The standard InChI is InChI=1S/C14H11BrF2NO.Y/c1-8-10(15)4-5-13(18(8)2)14-11(16)6-9(19-3)7-12(14)17;/h4,6-7H,1H2,2-3H3;/q-1;. The Bertz CT molecular complexity index is 590. The Balaban J connectivity index is 0.00000200. The van der Waals surface area contributed by atoms with Gasteiger partial charge in [-0.05, 0) is 11.3 Å². The van der Waals surface area contributed by atoms with E-state index in [9.17, 15) is 8.78 Å². The molecule has 0 aromatic heterocycles. The van der Waals surface area contributed by atoms with Crippen LogP contribution in [0, 0.1) is 17.7 Å². The molecule has 0 saturated heterocycles. The van der Waals surface area contributed by atoms with E-state index in [-0.39, 0.29) is 49.7 Å². The molecule has 1 heterocycles. The molecule has 6 heteroatoms. The fourth-order valence-electron chi connectivity index (χ4n) is 1.74. The fraction of sp³-hybridized carbons (Fsp3) is 0.143. The van der Waals surface area contributed by atoms with Gasteiger partial charge in [0.15, 0.2) is 0 Å². The van der Waals surface area contributed by atoms with Gasteiger partial charge in [0, 0.05) is 51.9 Å². The first-order valence-corrected chi connectivity index (χ1v) is 6.20. The number of likely N-dealkylation sites (N-methyl/N-ethyl adjacent to an activating group) is 1. The van der Waals surface area contributed by atoms with Crippen LogP contribution in [0.2, 0.25) is 0 Å². The third-order valence-corrected chi connectivity index (χ3v) is 3.53. The van der Waals surface area contributed by atoms with Gasteiger partial charge in [-0.3, -0.25) is 0 Å². The summed E-state index contributed by atoms with van der Waals surface area (Å²) >= 11 is 3.29. The first-order valence-electron chi connectivity index (χ1n) is 5.41. The number of hydrogen-bond acceptors (Lipinski definition) is 2. The molecule has 2 nitrogen and oxygen atoms in total. The van der Waals surface area contributed by atoms with Gasteiger partial charge in [-0.25, -0.2) is 8.78 Å². The summed E-state index contributed by atoms with van der Waals surface area (Å²) in [5.41, 5.74) is 0.731. The first-order chi connectivity index (χ1) is 8.95. The van der Waals surface area contributed by atoms with Crippen LogP contribution < -0.4 is 4.74 Å². The minimum Gasteiger partial charge on any atom is -0.497 e. The molecule has 1 aromatic carbocycles. The zero-order chi connectivity index (χ0) is 14.2. The second kappa shape index (κ2) is 6.96. The summed E-state index contributed by atoms with van der Waals surface area (Å²) in [6.07, 6.45) is 4.42. The molecule has 0 saturated carbocycles. The number of nitrogens with zero attached hydrogens (tertiary/aromatic N) is 1. The van der Waals surface area contributed by atoms with E-state index >= 15 is 0 Å². The Morgan fingerprint density at radius 1 is 1.30 bits per heavy atom. The molecule has 2 rings (SSSR count). The Morgan fingerprint density at radius 2 is 1.85 bits per heavy atom. The average Bonchev–Trinajstić information content (AvgIpc) is 2.37. The SMILES string of the molecule is C=C1C(Br)=C[C-]=C(c2c(F)cc(OC)cc2F)N1C.[Y]. The summed E-state index contributed by atoms with van der Waals surface area (Å²) in [6, 6.07) is 2.27. The van der Waals surface area contributed by atoms with E-state index < -0.39 is 11.6 Å². The van der Waals surface area contributed by atoms with Crippen LogP contribution in [0.5, 0.6) is 5.75 Å². The molecule has 0 N–H and O–H groups in total. The third kappa shape index (κ3) is 3.21. The van der Waals surface area contributed by atoms with Crippen molar-refractivity contribution in [3.05, 3.63) is 58.2 Å². The smallest absolute Gasteiger partial charge is 0.122 e. The van der Waals surface area contributed by atoms with Gasteiger partial charge in [-0.15, -0.1) is 15.9 Å². The molecule has 0 amide bonds. The maximum atomic E-state index is 14.0. The maximum absolute atomic E-state index is 14.0. The number of methoxy groups -OCH3 is 1. The molecule has 20 heavy (non-hydrogen) atoms. The summed E-state index contributed by atoms with van der Waals surface area (Å²) in [5.74, 6) is -1.27. The van der Waals surface area contributed by atoms with E-state index in [0.717, 1.165) is 12.1 Å². The van der Waals surface area contributed by atoms with Crippen LogP contribution in [0.1, 0.15) is 5.56 Å². The monoisotopic (exact) mass is 415 g/mol. The van der Waals surface area contributed by atoms with Crippen LogP contribution in [0.4, 0.5) is 8.78 Å². The van der Waals surface area contributed by atoms with Crippen molar-refractivity contribution in [2.75, 3.05) is 14.2 Å². The molecule has 103 valence electrons. The predicted molar refractivity (Wildman–Crippen MR) is 73.5 cm³/mol. The number of halogens is 3. The van der Waals surface area contributed by atoms with Gasteiger partial charge < -0.3 is 9.64 Å². The topological polar surface area (TPSA) is 12.5 Å². The zero-order valence-electron chi connectivity index (χ0n) is 11.0. The van der Waals surface area contributed by atoms with Gasteiger partial charge in [-0.2, -0.15) is 12.2 Å². The van der Waals surface area contributed by atoms with Gasteiger partial charge in [0.05, 0.1) is 18.7 Å². The van der Waals surface area contributed by atoms with Crippen LogP contribution >= 0.6 is 15.9 Å². The predicted octanol–water partition coefficient (Wildman–Crippen LogP) is 3.85. The molecule has 1 radical (unpaired) electrons. The van der Waals surface area contributed by atoms with Crippen LogP contribution in [-0.2, 0) is 32.7 Å². The maximum Gasteiger partial charge on any atom is 0.122 e. The van der Waals surface area contributed by atoms with Crippen molar-refractivity contribution in [2.24, 2.45) is 0 Å². The Kier molecular flexibility index (Phi) is 6.11. The zero-order valence-corrected chi connectivity index (χ0v) is 15.4. The Morgan fingerprint density at radius 3 is 2.35 bits per heavy atom. The first kappa shape index (κ1) is 17.5. The van der Waals surface area contributed by atoms with Gasteiger partial charge in [-0.1, -0.05) is 16.8 Å². The molecule has 0 aliphatic carbocycles. The Hall–Kier alpha value is -0.516. The largest absolute Gasteiger partial charge is 0.497 e. The minimum absolute atomic E-state index is 0. The van der Waals surface area contributed by atoms with Gasteiger partial charge in [0.25, 0.3) is 0 Å². The van der Waals surface area contributed by atoms with E-state index in [1.165, 1.54) is 7.11 Å². The number of ether oxygens (including phenoxy) is 1. The van der Waals surface area contributed by atoms with Crippen molar-refractivity contribution < 1.29 is 46.2 Å². The molecule has 0 bridgehead atoms. The van der Waals surface area contributed by atoms with Crippen LogP contribution in [0.25, 0.3) is 5.70 Å². The number of allylic oxidation sites excluding steroid dienone is 3. The van der Waals surface area contributed by atoms with Crippen LogP contribution in [0.3, 0.4) is 0 Å². The summed E-state index contributed by atoms with van der Waals surface area (Å²) in [4.78, 5) is 1.57. The van der Waals surface area contributed by atoms with Crippen molar-refractivity contribution in [1.82, 2.24) is 4.90 Å². The Labute approximate surface area is 150 Å². The van der Waals surface area contributed by atoms with Gasteiger partial charge in [0.2, 0.25) is 0 Å². The summed E-state index contributed by atoms with van der Waals surface area (Å²) in [5, 5.41) is 0. The number of hydrogen-bond donors (Lipinski definition) is 0. The fourth-order valence-corrected chi connectivity index (χ4v) is 2.12. The van der Waals surface area contributed by atoms with E-state index in [2.05, 4.69) is 28.6 Å². The van der Waals surface area contributed by atoms with E-state index in [1.807, 2.05) is 0 Å². The van der Waals surface area contributed by atoms with Crippen molar-refractivity contribution in [1.29, 1.82) is 0 Å². The molecule has 1 aliphatic heterocycles. The summed E-state index contributed by atoms with van der Waals surface area (Å²) in [7, 11) is 3.02. The molecule has 0 atom stereocenters.